The number of hydrogen-bond donors (Lipinski definition) is 1. The van der Waals surface area contributed by atoms with Crippen molar-refractivity contribution >= 4 is 23.4 Å². The van der Waals surface area contributed by atoms with E-state index >= 15 is 0 Å². The Morgan fingerprint density at radius 3 is 2.42 bits per heavy atom. The van der Waals surface area contributed by atoms with E-state index in [0.29, 0.717) is 0 Å². The van der Waals surface area contributed by atoms with E-state index in [1.807, 2.05) is 24.3 Å². The summed E-state index contributed by atoms with van der Waals surface area (Å²) in [7, 11) is 0. The lowest BCUT2D eigenvalue weighted by atomic mass is 10.0. The number of aryl methyl sites for hydroxylation is 2. The molecule has 2 aromatic rings. The van der Waals surface area contributed by atoms with E-state index in [9.17, 15) is 0 Å². The number of thioether (sulfide) groups is 1. The molecule has 0 fully saturated rings. The predicted octanol–water partition coefficient (Wildman–Crippen LogP) is 4.75. The van der Waals surface area contributed by atoms with Gasteiger partial charge in [0.05, 0.1) is 0 Å². The van der Waals surface area contributed by atoms with Crippen molar-refractivity contribution in [2.45, 2.75) is 24.8 Å². The van der Waals surface area contributed by atoms with Gasteiger partial charge >= 0.3 is 0 Å². The number of rotatable bonds is 4. The van der Waals surface area contributed by atoms with Gasteiger partial charge in [-0.05, 0) is 49.2 Å². The standard InChI is InChI=1S/C16H18ClNS/c1-11-3-8-15(12(2)9-11)16(18)10-19-14-6-4-13(17)5-7-14/h3-9,16H,10,18H2,1-2H3. The highest BCUT2D eigenvalue weighted by Crippen LogP contribution is 2.26. The van der Waals surface area contributed by atoms with Crippen LogP contribution in [0.15, 0.2) is 47.4 Å². The number of benzene rings is 2. The lowest BCUT2D eigenvalue weighted by Crippen LogP contribution is -2.14. The first-order valence-electron chi connectivity index (χ1n) is 6.27. The van der Waals surface area contributed by atoms with E-state index in [1.165, 1.54) is 21.6 Å². The van der Waals surface area contributed by atoms with Crippen LogP contribution in [0.2, 0.25) is 5.02 Å². The molecule has 19 heavy (non-hydrogen) atoms. The summed E-state index contributed by atoms with van der Waals surface area (Å²) >= 11 is 7.63. The minimum Gasteiger partial charge on any atom is -0.323 e. The smallest absolute Gasteiger partial charge is 0.0406 e. The van der Waals surface area contributed by atoms with Crippen LogP contribution in [0, 0.1) is 13.8 Å². The van der Waals surface area contributed by atoms with Crippen molar-refractivity contribution in [2.24, 2.45) is 5.73 Å². The number of hydrogen-bond acceptors (Lipinski definition) is 2. The molecule has 0 aromatic heterocycles. The zero-order chi connectivity index (χ0) is 13.8. The van der Waals surface area contributed by atoms with Crippen molar-refractivity contribution in [3.8, 4) is 0 Å². The fraction of sp³-hybridized carbons (Fsp3) is 0.250. The largest absolute Gasteiger partial charge is 0.323 e. The molecule has 0 bridgehead atoms. The summed E-state index contributed by atoms with van der Waals surface area (Å²) in [5.41, 5.74) is 10.0. The lowest BCUT2D eigenvalue weighted by molar-refractivity contribution is 0.822. The molecule has 0 radical (unpaired) electrons. The molecule has 100 valence electrons. The molecule has 0 saturated heterocycles. The average Bonchev–Trinajstić information content (AvgIpc) is 2.37. The molecule has 2 rings (SSSR count). The van der Waals surface area contributed by atoms with Crippen LogP contribution in [-0.2, 0) is 0 Å². The second-order valence-corrected chi connectivity index (χ2v) is 6.26. The van der Waals surface area contributed by atoms with Gasteiger partial charge in [-0.1, -0.05) is 35.4 Å². The van der Waals surface area contributed by atoms with Crippen LogP contribution in [0.5, 0.6) is 0 Å². The van der Waals surface area contributed by atoms with E-state index in [4.69, 9.17) is 17.3 Å². The van der Waals surface area contributed by atoms with E-state index in [0.717, 1.165) is 10.8 Å². The maximum absolute atomic E-state index is 6.28. The van der Waals surface area contributed by atoms with Crippen LogP contribution in [-0.4, -0.2) is 5.75 Å². The Labute approximate surface area is 124 Å². The zero-order valence-electron chi connectivity index (χ0n) is 11.2. The Hall–Kier alpha value is -0.960. The molecule has 0 aliphatic heterocycles. The van der Waals surface area contributed by atoms with Crippen molar-refractivity contribution in [1.29, 1.82) is 0 Å². The Morgan fingerprint density at radius 1 is 1.11 bits per heavy atom. The molecular weight excluding hydrogens is 274 g/mol. The summed E-state index contributed by atoms with van der Waals surface area (Å²) in [5, 5.41) is 0.767. The molecule has 2 aromatic carbocycles. The van der Waals surface area contributed by atoms with Crippen LogP contribution in [0.25, 0.3) is 0 Å². The second-order valence-electron chi connectivity index (χ2n) is 4.73. The Morgan fingerprint density at radius 2 is 1.79 bits per heavy atom. The number of nitrogens with two attached hydrogens (primary N) is 1. The average molecular weight is 292 g/mol. The third-order valence-corrected chi connectivity index (χ3v) is 4.45. The quantitative estimate of drug-likeness (QED) is 0.823. The van der Waals surface area contributed by atoms with Crippen LogP contribution in [0.1, 0.15) is 22.7 Å². The summed E-state index contributed by atoms with van der Waals surface area (Å²) in [6, 6.07) is 14.4. The van der Waals surface area contributed by atoms with Gasteiger partial charge < -0.3 is 5.73 Å². The van der Waals surface area contributed by atoms with Gasteiger partial charge in [-0.2, -0.15) is 0 Å². The first-order chi connectivity index (χ1) is 9.06. The van der Waals surface area contributed by atoms with Crippen molar-refractivity contribution in [1.82, 2.24) is 0 Å². The predicted molar refractivity (Wildman–Crippen MR) is 85.0 cm³/mol. The van der Waals surface area contributed by atoms with Gasteiger partial charge in [-0.3, -0.25) is 0 Å². The van der Waals surface area contributed by atoms with Gasteiger partial charge in [-0.25, -0.2) is 0 Å². The molecule has 0 aliphatic rings. The van der Waals surface area contributed by atoms with Gasteiger partial charge in [0.25, 0.3) is 0 Å². The van der Waals surface area contributed by atoms with Gasteiger partial charge in [0.15, 0.2) is 0 Å². The monoisotopic (exact) mass is 291 g/mol. The molecule has 1 nitrogen and oxygen atoms in total. The van der Waals surface area contributed by atoms with Crippen LogP contribution < -0.4 is 5.73 Å². The Balaban J connectivity index is 2.01. The maximum Gasteiger partial charge on any atom is 0.0406 e. The topological polar surface area (TPSA) is 26.0 Å². The molecule has 3 heteroatoms. The van der Waals surface area contributed by atoms with Crippen molar-refractivity contribution < 1.29 is 0 Å². The molecule has 0 heterocycles. The van der Waals surface area contributed by atoms with Crippen LogP contribution in [0.3, 0.4) is 0 Å². The maximum atomic E-state index is 6.28. The molecule has 1 atom stereocenters. The highest BCUT2D eigenvalue weighted by Gasteiger charge is 2.09. The summed E-state index contributed by atoms with van der Waals surface area (Å²) < 4.78 is 0. The third-order valence-electron chi connectivity index (χ3n) is 3.07. The van der Waals surface area contributed by atoms with Crippen LogP contribution in [0.4, 0.5) is 0 Å². The van der Waals surface area contributed by atoms with Crippen molar-refractivity contribution in [3.05, 3.63) is 64.2 Å². The molecule has 2 N–H and O–H groups in total. The number of halogens is 1. The molecular formula is C16H18ClNS. The second kappa shape index (κ2) is 6.47. The van der Waals surface area contributed by atoms with E-state index < -0.39 is 0 Å². The normalized spacial score (nSPS) is 12.4. The van der Waals surface area contributed by atoms with Gasteiger partial charge in [-0.15, -0.1) is 11.8 Å². The fourth-order valence-electron chi connectivity index (χ4n) is 2.05. The lowest BCUT2D eigenvalue weighted by Gasteiger charge is -2.15. The van der Waals surface area contributed by atoms with E-state index in [2.05, 4.69) is 32.0 Å². The van der Waals surface area contributed by atoms with Gasteiger partial charge in [0.2, 0.25) is 0 Å². The summed E-state index contributed by atoms with van der Waals surface area (Å²) in [6.07, 6.45) is 0. The highest BCUT2D eigenvalue weighted by molar-refractivity contribution is 7.99. The first-order valence-corrected chi connectivity index (χ1v) is 7.64. The van der Waals surface area contributed by atoms with Gasteiger partial charge in [0, 0.05) is 21.7 Å². The minimum absolute atomic E-state index is 0.0567. The molecule has 0 amide bonds. The SMILES string of the molecule is Cc1ccc(C(N)CSc2ccc(Cl)cc2)c(C)c1. The summed E-state index contributed by atoms with van der Waals surface area (Å²) in [6.45, 7) is 4.22. The molecule has 0 saturated carbocycles. The van der Waals surface area contributed by atoms with Crippen molar-refractivity contribution in [2.75, 3.05) is 5.75 Å². The van der Waals surface area contributed by atoms with Gasteiger partial charge in [0.1, 0.15) is 0 Å². The van der Waals surface area contributed by atoms with Crippen LogP contribution >= 0.6 is 23.4 Å². The van der Waals surface area contributed by atoms with E-state index in [1.54, 1.807) is 11.8 Å². The molecule has 1 unspecified atom stereocenters. The van der Waals surface area contributed by atoms with Crippen molar-refractivity contribution in [3.63, 3.8) is 0 Å². The molecule has 0 aliphatic carbocycles. The summed E-state index contributed by atoms with van der Waals surface area (Å²) in [5.74, 6) is 0.867. The third kappa shape index (κ3) is 4.00. The molecule has 0 spiro atoms. The Bertz CT molecular complexity index is 551. The summed E-state index contributed by atoms with van der Waals surface area (Å²) in [4.78, 5) is 1.20. The van der Waals surface area contributed by atoms with E-state index in [-0.39, 0.29) is 6.04 Å². The Kier molecular flexibility index (Phi) is 4.92. The highest BCUT2D eigenvalue weighted by atomic mass is 35.5. The fourth-order valence-corrected chi connectivity index (χ4v) is 3.05. The zero-order valence-corrected chi connectivity index (χ0v) is 12.8. The first kappa shape index (κ1) is 14.4. The minimum atomic E-state index is 0.0567.